The van der Waals surface area contributed by atoms with Crippen molar-refractivity contribution in [1.82, 2.24) is 25.2 Å². The van der Waals surface area contributed by atoms with E-state index in [2.05, 4.69) is 15.6 Å². The molecular formula is C26H30FN5O3. The van der Waals surface area contributed by atoms with Crippen LogP contribution < -0.4 is 5.32 Å². The number of hydrogen-bond acceptors (Lipinski definition) is 5. The summed E-state index contributed by atoms with van der Waals surface area (Å²) < 4.78 is 22.4. The van der Waals surface area contributed by atoms with Crippen molar-refractivity contribution in [1.29, 1.82) is 0 Å². The van der Waals surface area contributed by atoms with Crippen molar-refractivity contribution in [2.75, 3.05) is 13.2 Å². The average molecular weight is 480 g/mol. The summed E-state index contributed by atoms with van der Waals surface area (Å²) in [5, 5.41) is 11.4. The second-order valence-electron chi connectivity index (χ2n) is 9.33. The van der Waals surface area contributed by atoms with E-state index in [1.165, 1.54) is 15.6 Å². The van der Waals surface area contributed by atoms with Crippen LogP contribution in [-0.2, 0) is 20.9 Å². The van der Waals surface area contributed by atoms with Gasteiger partial charge in [0, 0.05) is 24.8 Å². The first-order valence-corrected chi connectivity index (χ1v) is 12.3. The number of amides is 2. The molecule has 1 saturated carbocycles. The lowest BCUT2D eigenvalue weighted by Crippen LogP contribution is -2.49. The Morgan fingerprint density at radius 2 is 1.86 bits per heavy atom. The van der Waals surface area contributed by atoms with E-state index in [9.17, 15) is 9.59 Å². The summed E-state index contributed by atoms with van der Waals surface area (Å²) in [5.41, 5.74) is 1.57. The van der Waals surface area contributed by atoms with E-state index in [1.54, 1.807) is 18.2 Å². The third kappa shape index (κ3) is 5.19. The lowest BCUT2D eigenvalue weighted by molar-refractivity contribution is -0.143. The summed E-state index contributed by atoms with van der Waals surface area (Å²) in [6, 6.07) is 12.5. The quantitative estimate of drug-likeness (QED) is 0.535. The molecule has 1 N–H and O–H groups in total. The maximum atomic E-state index is 15.1. The van der Waals surface area contributed by atoms with Crippen molar-refractivity contribution in [2.45, 2.75) is 63.3 Å². The van der Waals surface area contributed by atoms with Gasteiger partial charge >= 0.3 is 0 Å². The van der Waals surface area contributed by atoms with Crippen LogP contribution >= 0.6 is 0 Å². The number of benzene rings is 2. The van der Waals surface area contributed by atoms with Gasteiger partial charge in [-0.25, -0.2) is 9.07 Å². The number of aromatic nitrogens is 3. The average Bonchev–Trinajstić information content (AvgIpc) is 3.63. The molecule has 0 spiro atoms. The monoisotopic (exact) mass is 479 g/mol. The molecule has 8 nitrogen and oxygen atoms in total. The van der Waals surface area contributed by atoms with Crippen LogP contribution in [0, 0.1) is 5.82 Å². The van der Waals surface area contributed by atoms with Crippen molar-refractivity contribution < 1.29 is 18.7 Å². The predicted octanol–water partition coefficient (Wildman–Crippen LogP) is 3.38. The van der Waals surface area contributed by atoms with Crippen LogP contribution in [0.15, 0.2) is 48.5 Å². The first-order chi connectivity index (χ1) is 17.1. The molecule has 5 rings (SSSR count). The molecule has 1 aliphatic heterocycles. The number of para-hydroxylation sites is 1. The predicted molar refractivity (Wildman–Crippen MR) is 128 cm³/mol. The molecule has 2 amide bonds. The highest BCUT2D eigenvalue weighted by Gasteiger charge is 2.37. The molecule has 3 aromatic rings. The van der Waals surface area contributed by atoms with Gasteiger partial charge in [-0.2, -0.15) is 0 Å². The normalized spacial score (nSPS) is 19.2. The van der Waals surface area contributed by atoms with Gasteiger partial charge in [0.2, 0.25) is 11.8 Å². The second kappa shape index (κ2) is 10.5. The topological polar surface area (TPSA) is 89.4 Å². The van der Waals surface area contributed by atoms with Crippen LogP contribution in [0.5, 0.6) is 0 Å². The van der Waals surface area contributed by atoms with Gasteiger partial charge in [0.1, 0.15) is 23.9 Å². The van der Waals surface area contributed by atoms with E-state index < -0.39 is 11.9 Å². The van der Waals surface area contributed by atoms with Crippen molar-refractivity contribution in [3.8, 4) is 0 Å². The molecule has 184 valence electrons. The Morgan fingerprint density at radius 3 is 2.63 bits per heavy atom. The van der Waals surface area contributed by atoms with Crippen LogP contribution in [0.3, 0.4) is 0 Å². The van der Waals surface area contributed by atoms with Crippen LogP contribution in [0.4, 0.5) is 4.39 Å². The first-order valence-electron chi connectivity index (χ1n) is 12.3. The van der Waals surface area contributed by atoms with Crippen molar-refractivity contribution in [2.24, 2.45) is 0 Å². The Kier molecular flexibility index (Phi) is 7.03. The summed E-state index contributed by atoms with van der Waals surface area (Å²) in [7, 11) is 0. The van der Waals surface area contributed by atoms with E-state index in [1.807, 2.05) is 24.3 Å². The Balaban J connectivity index is 1.49. The number of rotatable bonds is 8. The van der Waals surface area contributed by atoms with E-state index in [-0.39, 0.29) is 42.6 Å². The smallest absolute Gasteiger partial charge is 0.247 e. The molecule has 1 aliphatic carbocycles. The Labute approximate surface area is 203 Å². The Morgan fingerprint density at radius 1 is 1.09 bits per heavy atom. The fourth-order valence-electron chi connectivity index (χ4n) is 5.11. The number of halogens is 1. The summed E-state index contributed by atoms with van der Waals surface area (Å²) in [5.74, 6) is -1.22. The highest BCUT2D eigenvalue weighted by Crippen LogP contribution is 2.28. The van der Waals surface area contributed by atoms with Crippen LogP contribution in [0.2, 0.25) is 0 Å². The van der Waals surface area contributed by atoms with Gasteiger partial charge in [-0.05, 0) is 43.9 Å². The molecule has 0 bridgehead atoms. The van der Waals surface area contributed by atoms with E-state index in [4.69, 9.17) is 4.74 Å². The number of hydrogen-bond donors (Lipinski definition) is 1. The molecule has 0 radical (unpaired) electrons. The Bertz CT molecular complexity index is 1190. The minimum Gasteiger partial charge on any atom is -0.376 e. The molecule has 2 atom stereocenters. The molecular weight excluding hydrogens is 449 g/mol. The molecule has 1 saturated heterocycles. The van der Waals surface area contributed by atoms with Crippen LogP contribution in [-0.4, -0.2) is 57.0 Å². The molecule has 35 heavy (non-hydrogen) atoms. The number of nitrogens with one attached hydrogen (secondary N) is 1. The first kappa shape index (κ1) is 23.4. The molecule has 2 fully saturated rings. The molecule has 2 heterocycles. The largest absolute Gasteiger partial charge is 0.376 e. The standard InChI is InChI=1S/C26H30FN5O3/c27-21-12-4-3-11-20(21)25(26(34)28-18-8-1-2-9-18)31(16-19-10-7-15-35-19)24(33)17-32-23-14-6-5-13-22(23)29-30-32/h3-6,11-14,18-19,25H,1-2,7-10,15-17H2,(H,28,34)/t19-,25-/m1/s1. The van der Waals surface area contributed by atoms with Gasteiger partial charge in [0.25, 0.3) is 0 Å². The van der Waals surface area contributed by atoms with Gasteiger partial charge in [0.05, 0.1) is 11.6 Å². The molecule has 9 heteroatoms. The number of ether oxygens (including phenoxy) is 1. The SMILES string of the molecule is O=C(NC1CCCC1)[C@@H](c1ccccc1F)N(C[C@H]1CCCO1)C(=O)Cn1nnc2ccccc21. The number of nitrogens with zero attached hydrogens (tertiary/aromatic N) is 4. The van der Waals surface area contributed by atoms with Gasteiger partial charge in [-0.15, -0.1) is 5.10 Å². The minimum absolute atomic E-state index is 0.0377. The summed E-state index contributed by atoms with van der Waals surface area (Å²) >= 11 is 0. The van der Waals surface area contributed by atoms with Crippen molar-refractivity contribution in [3.05, 3.63) is 59.9 Å². The van der Waals surface area contributed by atoms with Crippen LogP contribution in [0.1, 0.15) is 50.1 Å². The Hall–Kier alpha value is -3.33. The summed E-state index contributed by atoms with van der Waals surface area (Å²) in [6.07, 6.45) is 5.34. The minimum atomic E-state index is -1.11. The highest BCUT2D eigenvalue weighted by molar-refractivity contribution is 5.89. The van der Waals surface area contributed by atoms with Crippen molar-refractivity contribution >= 4 is 22.8 Å². The zero-order valence-electron chi connectivity index (χ0n) is 19.6. The number of carbonyl (C=O) groups is 2. The lowest BCUT2D eigenvalue weighted by Gasteiger charge is -2.34. The molecule has 2 aromatic carbocycles. The fraction of sp³-hybridized carbons (Fsp3) is 0.462. The maximum absolute atomic E-state index is 15.1. The summed E-state index contributed by atoms with van der Waals surface area (Å²) in [6.45, 7) is 0.691. The van der Waals surface area contributed by atoms with Gasteiger partial charge in [0.15, 0.2) is 0 Å². The lowest BCUT2D eigenvalue weighted by atomic mass is 10.0. The van der Waals surface area contributed by atoms with E-state index in [0.29, 0.717) is 12.1 Å². The van der Waals surface area contributed by atoms with Gasteiger partial charge < -0.3 is 15.0 Å². The zero-order chi connectivity index (χ0) is 24.2. The van der Waals surface area contributed by atoms with E-state index in [0.717, 1.165) is 44.0 Å². The maximum Gasteiger partial charge on any atom is 0.247 e. The number of carbonyl (C=O) groups excluding carboxylic acids is 2. The number of fused-ring (bicyclic) bond motifs is 1. The van der Waals surface area contributed by atoms with Gasteiger partial charge in [-0.3, -0.25) is 9.59 Å². The fourth-order valence-corrected chi connectivity index (χ4v) is 5.11. The van der Waals surface area contributed by atoms with Crippen molar-refractivity contribution in [3.63, 3.8) is 0 Å². The molecule has 2 aliphatic rings. The summed E-state index contributed by atoms with van der Waals surface area (Å²) in [4.78, 5) is 28.9. The highest BCUT2D eigenvalue weighted by atomic mass is 19.1. The third-order valence-corrected chi connectivity index (χ3v) is 6.91. The van der Waals surface area contributed by atoms with Gasteiger partial charge in [-0.1, -0.05) is 48.4 Å². The third-order valence-electron chi connectivity index (χ3n) is 6.91. The van der Waals surface area contributed by atoms with E-state index >= 15 is 4.39 Å². The van der Waals surface area contributed by atoms with Crippen LogP contribution in [0.25, 0.3) is 11.0 Å². The molecule has 0 unspecified atom stereocenters. The second-order valence-corrected chi connectivity index (χ2v) is 9.33. The zero-order valence-corrected chi connectivity index (χ0v) is 19.6. The molecule has 1 aromatic heterocycles.